The third-order valence-electron chi connectivity index (χ3n) is 5.28. The van der Waals surface area contributed by atoms with E-state index in [1.165, 1.54) is 24.3 Å². The van der Waals surface area contributed by atoms with Gasteiger partial charge in [0.15, 0.2) is 5.82 Å². The number of nitrogens with zero attached hydrogens (tertiary/aromatic N) is 6. The van der Waals surface area contributed by atoms with Gasteiger partial charge in [-0.15, -0.1) is 0 Å². The number of aryl methyl sites for hydroxylation is 1. The van der Waals surface area contributed by atoms with E-state index in [9.17, 15) is 14.9 Å². The van der Waals surface area contributed by atoms with E-state index < -0.39 is 4.92 Å². The van der Waals surface area contributed by atoms with Crippen LogP contribution in [0, 0.1) is 10.1 Å². The van der Waals surface area contributed by atoms with Crippen molar-refractivity contribution in [2.75, 3.05) is 31.1 Å². The van der Waals surface area contributed by atoms with Gasteiger partial charge in [-0.2, -0.15) is 0 Å². The first-order valence-corrected chi connectivity index (χ1v) is 10.1. The predicted molar refractivity (Wildman–Crippen MR) is 116 cm³/mol. The number of pyridine rings is 1. The zero-order valence-electron chi connectivity index (χ0n) is 17.1. The van der Waals surface area contributed by atoms with E-state index in [-0.39, 0.29) is 11.6 Å². The van der Waals surface area contributed by atoms with Gasteiger partial charge in [-0.25, -0.2) is 9.97 Å². The molecular formula is C22H22N6O3. The Hall–Kier alpha value is -3.88. The number of carbonyl (C=O) groups is 1. The molecule has 1 saturated heterocycles. The molecule has 1 amide bonds. The third kappa shape index (κ3) is 4.50. The molecule has 1 aliphatic rings. The summed E-state index contributed by atoms with van der Waals surface area (Å²) in [7, 11) is 0. The van der Waals surface area contributed by atoms with Crippen LogP contribution in [0.25, 0.3) is 11.4 Å². The van der Waals surface area contributed by atoms with Crippen LogP contribution >= 0.6 is 0 Å². The minimum atomic E-state index is -0.473. The van der Waals surface area contributed by atoms with Gasteiger partial charge in [0.05, 0.1) is 4.92 Å². The fraction of sp³-hybridized carbons (Fsp3) is 0.273. The topological polar surface area (TPSA) is 105 Å². The molecule has 3 heterocycles. The summed E-state index contributed by atoms with van der Waals surface area (Å²) in [6, 6.07) is 11.5. The molecule has 1 aliphatic heterocycles. The van der Waals surface area contributed by atoms with Gasteiger partial charge in [0.2, 0.25) is 0 Å². The highest BCUT2D eigenvalue weighted by molar-refractivity contribution is 5.94. The molecule has 158 valence electrons. The number of non-ortho nitro benzene ring substituents is 1. The van der Waals surface area contributed by atoms with Crippen LogP contribution in [0.2, 0.25) is 0 Å². The molecule has 0 N–H and O–H groups in total. The van der Waals surface area contributed by atoms with E-state index in [1.54, 1.807) is 17.3 Å². The normalized spacial score (nSPS) is 13.8. The maximum Gasteiger partial charge on any atom is 0.269 e. The molecule has 1 aromatic carbocycles. The number of nitro groups is 1. The second-order valence-corrected chi connectivity index (χ2v) is 7.21. The minimum Gasteiger partial charge on any atom is -0.353 e. The van der Waals surface area contributed by atoms with Gasteiger partial charge in [0, 0.05) is 73.6 Å². The number of benzene rings is 1. The number of amides is 1. The molecule has 4 rings (SSSR count). The maximum atomic E-state index is 12.8. The van der Waals surface area contributed by atoms with Crippen molar-refractivity contribution in [3.8, 4) is 11.4 Å². The Morgan fingerprint density at radius 3 is 2.32 bits per heavy atom. The monoisotopic (exact) mass is 418 g/mol. The van der Waals surface area contributed by atoms with Gasteiger partial charge in [-0.3, -0.25) is 19.9 Å². The van der Waals surface area contributed by atoms with Crippen LogP contribution in [-0.2, 0) is 6.42 Å². The van der Waals surface area contributed by atoms with Crippen LogP contribution in [0.1, 0.15) is 23.0 Å². The van der Waals surface area contributed by atoms with Gasteiger partial charge in [-0.1, -0.05) is 6.92 Å². The van der Waals surface area contributed by atoms with Gasteiger partial charge in [-0.05, 0) is 30.7 Å². The van der Waals surface area contributed by atoms with Crippen molar-refractivity contribution in [1.82, 2.24) is 19.9 Å². The Bertz CT molecular complexity index is 1080. The summed E-state index contributed by atoms with van der Waals surface area (Å²) in [6.45, 7) is 4.45. The lowest BCUT2D eigenvalue weighted by Crippen LogP contribution is -2.49. The molecule has 9 heteroatoms. The molecule has 0 aliphatic carbocycles. The Morgan fingerprint density at radius 2 is 1.71 bits per heavy atom. The zero-order valence-corrected chi connectivity index (χ0v) is 17.1. The highest BCUT2D eigenvalue weighted by atomic mass is 16.6. The summed E-state index contributed by atoms with van der Waals surface area (Å²) >= 11 is 0. The minimum absolute atomic E-state index is 0.0261. The summed E-state index contributed by atoms with van der Waals surface area (Å²) in [5.74, 6) is 1.39. The van der Waals surface area contributed by atoms with Crippen LogP contribution in [0.4, 0.5) is 11.5 Å². The molecule has 31 heavy (non-hydrogen) atoms. The maximum absolute atomic E-state index is 12.8. The molecule has 0 radical (unpaired) electrons. The molecule has 1 fully saturated rings. The summed E-state index contributed by atoms with van der Waals surface area (Å²) in [5.41, 5.74) is 2.30. The average Bonchev–Trinajstić information content (AvgIpc) is 2.84. The Kier molecular flexibility index (Phi) is 5.83. The van der Waals surface area contributed by atoms with Crippen molar-refractivity contribution < 1.29 is 9.72 Å². The van der Waals surface area contributed by atoms with Crippen molar-refractivity contribution in [2.24, 2.45) is 0 Å². The number of piperazine rings is 1. The number of aromatic nitrogens is 3. The van der Waals surface area contributed by atoms with Crippen LogP contribution in [0.5, 0.6) is 0 Å². The highest BCUT2D eigenvalue weighted by Gasteiger charge is 2.24. The molecule has 9 nitrogen and oxygen atoms in total. The van der Waals surface area contributed by atoms with Gasteiger partial charge < -0.3 is 9.80 Å². The summed E-state index contributed by atoms with van der Waals surface area (Å²) in [5, 5.41) is 10.8. The van der Waals surface area contributed by atoms with Crippen molar-refractivity contribution in [2.45, 2.75) is 13.3 Å². The van der Waals surface area contributed by atoms with Crippen molar-refractivity contribution in [3.63, 3.8) is 0 Å². The highest BCUT2D eigenvalue weighted by Crippen LogP contribution is 2.22. The molecule has 0 atom stereocenters. The number of hydrogen-bond acceptors (Lipinski definition) is 7. The SMILES string of the molecule is CCc1cc(N2CCN(C(=O)c3ccc([N+](=O)[O-])cc3)CC2)nc(-c2ccncc2)n1. The molecule has 3 aromatic rings. The fourth-order valence-electron chi connectivity index (χ4n) is 3.50. The second-order valence-electron chi connectivity index (χ2n) is 7.21. The molecule has 0 unspecified atom stereocenters. The average molecular weight is 418 g/mol. The molecular weight excluding hydrogens is 396 g/mol. The largest absolute Gasteiger partial charge is 0.353 e. The van der Waals surface area contributed by atoms with Crippen molar-refractivity contribution in [3.05, 3.63) is 76.2 Å². The molecule has 0 saturated carbocycles. The lowest BCUT2D eigenvalue weighted by Gasteiger charge is -2.35. The van der Waals surface area contributed by atoms with E-state index in [0.717, 1.165) is 23.5 Å². The van der Waals surface area contributed by atoms with Crippen LogP contribution in [0.15, 0.2) is 54.9 Å². The number of rotatable bonds is 5. The Labute approximate surface area is 179 Å². The first-order valence-electron chi connectivity index (χ1n) is 10.1. The summed E-state index contributed by atoms with van der Waals surface area (Å²) in [6.07, 6.45) is 4.24. The van der Waals surface area contributed by atoms with E-state index in [4.69, 9.17) is 4.98 Å². The number of hydrogen-bond donors (Lipinski definition) is 0. The summed E-state index contributed by atoms with van der Waals surface area (Å²) in [4.78, 5) is 40.5. The van der Waals surface area contributed by atoms with E-state index in [1.807, 2.05) is 18.2 Å². The summed E-state index contributed by atoms with van der Waals surface area (Å²) < 4.78 is 0. The smallest absolute Gasteiger partial charge is 0.269 e. The number of anilines is 1. The number of carbonyl (C=O) groups excluding carboxylic acids is 1. The zero-order chi connectivity index (χ0) is 21.8. The van der Waals surface area contributed by atoms with Gasteiger partial charge in [0.1, 0.15) is 5.82 Å². The van der Waals surface area contributed by atoms with E-state index >= 15 is 0 Å². The van der Waals surface area contributed by atoms with Crippen molar-refractivity contribution >= 4 is 17.4 Å². The fourth-order valence-corrected chi connectivity index (χ4v) is 3.50. The third-order valence-corrected chi connectivity index (χ3v) is 5.28. The van der Waals surface area contributed by atoms with E-state index in [0.29, 0.717) is 37.6 Å². The van der Waals surface area contributed by atoms with Gasteiger partial charge >= 0.3 is 0 Å². The molecule has 0 spiro atoms. The Balaban J connectivity index is 1.47. The van der Waals surface area contributed by atoms with Crippen molar-refractivity contribution in [1.29, 1.82) is 0 Å². The molecule has 0 bridgehead atoms. The first-order chi connectivity index (χ1) is 15.0. The van der Waals surface area contributed by atoms with E-state index in [2.05, 4.69) is 21.8 Å². The lowest BCUT2D eigenvalue weighted by atomic mass is 10.1. The lowest BCUT2D eigenvalue weighted by molar-refractivity contribution is -0.384. The quantitative estimate of drug-likeness (QED) is 0.463. The van der Waals surface area contributed by atoms with Gasteiger partial charge in [0.25, 0.3) is 11.6 Å². The van der Waals surface area contributed by atoms with Crippen LogP contribution < -0.4 is 4.90 Å². The number of nitro benzene ring substituents is 1. The Morgan fingerprint density at radius 1 is 1.03 bits per heavy atom. The van der Waals surface area contributed by atoms with Crippen LogP contribution in [0.3, 0.4) is 0 Å². The predicted octanol–water partition coefficient (Wildman–Crippen LogP) is 2.97. The second kappa shape index (κ2) is 8.86. The first kappa shape index (κ1) is 20.4. The van der Waals surface area contributed by atoms with Crippen LogP contribution in [-0.4, -0.2) is 56.9 Å². The standard InChI is InChI=1S/C22H22N6O3/c1-2-18-15-20(25-21(24-18)16-7-9-23-10-8-16)26-11-13-27(14-12-26)22(29)17-3-5-19(6-4-17)28(30)31/h3-10,15H,2,11-14H2,1H3. The molecule has 2 aromatic heterocycles.